The van der Waals surface area contributed by atoms with Crippen LogP contribution in [-0.4, -0.2) is 20.2 Å². The molecule has 0 aliphatic carbocycles. The molecule has 1 amide bonds. The minimum Gasteiger partial charge on any atom is -0.507 e. The third-order valence-electron chi connectivity index (χ3n) is 3.53. The number of phenolic OH excluding ortho intramolecular Hbond substituents is 1. The number of nitrogens with zero attached hydrogens (tertiary/aromatic N) is 1. The summed E-state index contributed by atoms with van der Waals surface area (Å²) in [5.74, 6) is 0.0358. The predicted octanol–water partition coefficient (Wildman–Crippen LogP) is 4.10. The van der Waals surface area contributed by atoms with Crippen molar-refractivity contribution in [2.75, 3.05) is 0 Å². The number of carbonyl (C=O) groups excluding carboxylic acids is 1. The number of amides is 1. The highest BCUT2D eigenvalue weighted by Gasteiger charge is 2.32. The number of benzene rings is 2. The fraction of sp³-hybridized carbons (Fsp3) is 0.111. The van der Waals surface area contributed by atoms with E-state index in [0.29, 0.717) is 21.3 Å². The maximum Gasteiger partial charge on any atom is 0.266 e. The summed E-state index contributed by atoms with van der Waals surface area (Å²) in [6, 6.07) is 15.1. The first-order chi connectivity index (χ1) is 11.0. The van der Waals surface area contributed by atoms with Gasteiger partial charge in [0.2, 0.25) is 0 Å². The highest BCUT2D eigenvalue weighted by Crippen LogP contribution is 2.35. The fourth-order valence-corrected chi connectivity index (χ4v) is 3.58. The molecule has 0 spiro atoms. The second-order valence-corrected chi connectivity index (χ2v) is 6.99. The highest BCUT2D eigenvalue weighted by molar-refractivity contribution is 8.26. The van der Waals surface area contributed by atoms with Crippen LogP contribution in [0.1, 0.15) is 16.7 Å². The molecule has 0 saturated carbocycles. The summed E-state index contributed by atoms with van der Waals surface area (Å²) in [7, 11) is 0. The van der Waals surface area contributed by atoms with Crippen LogP contribution in [0.15, 0.2) is 53.4 Å². The number of aryl methyl sites for hydroxylation is 1. The summed E-state index contributed by atoms with van der Waals surface area (Å²) in [5, 5.41) is 9.94. The van der Waals surface area contributed by atoms with E-state index in [1.54, 1.807) is 17.0 Å². The first kappa shape index (κ1) is 15.8. The molecule has 1 heterocycles. The molecule has 0 unspecified atom stereocenters. The monoisotopic (exact) mass is 341 g/mol. The molecule has 1 fully saturated rings. The first-order valence-electron chi connectivity index (χ1n) is 7.13. The third kappa shape index (κ3) is 3.46. The van der Waals surface area contributed by atoms with Gasteiger partial charge in [0, 0.05) is 5.56 Å². The van der Waals surface area contributed by atoms with Gasteiger partial charge >= 0.3 is 0 Å². The molecular formula is C18H15NO2S2. The molecule has 3 nitrogen and oxygen atoms in total. The zero-order valence-corrected chi connectivity index (χ0v) is 14.2. The van der Waals surface area contributed by atoms with E-state index in [1.165, 1.54) is 11.8 Å². The maximum atomic E-state index is 12.6. The average Bonchev–Trinajstić information content (AvgIpc) is 2.80. The van der Waals surface area contributed by atoms with Gasteiger partial charge in [-0.2, -0.15) is 0 Å². The summed E-state index contributed by atoms with van der Waals surface area (Å²) >= 11 is 6.60. The molecule has 1 saturated heterocycles. The largest absolute Gasteiger partial charge is 0.507 e. The summed E-state index contributed by atoms with van der Waals surface area (Å²) in [4.78, 5) is 14.7. The Hall–Kier alpha value is -2.11. The second-order valence-electron chi connectivity index (χ2n) is 5.32. The molecule has 1 aliphatic rings. The smallest absolute Gasteiger partial charge is 0.266 e. The van der Waals surface area contributed by atoms with Crippen LogP contribution in [0.4, 0.5) is 0 Å². The van der Waals surface area contributed by atoms with E-state index in [-0.39, 0.29) is 11.7 Å². The first-order valence-corrected chi connectivity index (χ1v) is 8.36. The van der Waals surface area contributed by atoms with Crippen molar-refractivity contribution in [3.63, 3.8) is 0 Å². The maximum absolute atomic E-state index is 12.6. The Labute approximate surface area is 144 Å². The highest BCUT2D eigenvalue weighted by atomic mass is 32.2. The van der Waals surface area contributed by atoms with Gasteiger partial charge in [0.1, 0.15) is 10.1 Å². The fourth-order valence-electron chi connectivity index (χ4n) is 2.33. The number of thioether (sulfide) groups is 1. The topological polar surface area (TPSA) is 40.5 Å². The van der Waals surface area contributed by atoms with Crippen LogP contribution >= 0.6 is 24.0 Å². The van der Waals surface area contributed by atoms with Crippen LogP contribution in [0.25, 0.3) is 6.08 Å². The van der Waals surface area contributed by atoms with Crippen LogP contribution in [0.3, 0.4) is 0 Å². The molecule has 5 heteroatoms. The zero-order valence-electron chi connectivity index (χ0n) is 12.5. The number of aromatic hydroxyl groups is 1. The quantitative estimate of drug-likeness (QED) is 0.674. The van der Waals surface area contributed by atoms with Crippen molar-refractivity contribution in [3.05, 3.63) is 70.1 Å². The predicted molar refractivity (Wildman–Crippen MR) is 98.0 cm³/mol. The lowest BCUT2D eigenvalue weighted by Crippen LogP contribution is -2.27. The number of rotatable bonds is 3. The molecule has 0 radical (unpaired) electrons. The Morgan fingerprint density at radius 3 is 2.70 bits per heavy atom. The van der Waals surface area contributed by atoms with E-state index in [9.17, 15) is 9.90 Å². The Morgan fingerprint density at radius 2 is 1.96 bits per heavy atom. The van der Waals surface area contributed by atoms with Gasteiger partial charge in [-0.25, -0.2) is 0 Å². The number of carbonyl (C=O) groups is 1. The van der Waals surface area contributed by atoms with Crippen LogP contribution in [0, 0.1) is 6.92 Å². The van der Waals surface area contributed by atoms with Gasteiger partial charge in [-0.1, -0.05) is 65.9 Å². The minimum atomic E-state index is -0.121. The van der Waals surface area contributed by atoms with E-state index in [1.807, 2.05) is 49.4 Å². The lowest BCUT2D eigenvalue weighted by atomic mass is 10.1. The van der Waals surface area contributed by atoms with Crippen molar-refractivity contribution in [1.29, 1.82) is 0 Å². The van der Waals surface area contributed by atoms with Gasteiger partial charge in [-0.15, -0.1) is 0 Å². The van der Waals surface area contributed by atoms with Gasteiger partial charge in [-0.3, -0.25) is 9.69 Å². The van der Waals surface area contributed by atoms with Crippen LogP contribution in [0.5, 0.6) is 5.75 Å². The van der Waals surface area contributed by atoms with Crippen molar-refractivity contribution in [2.45, 2.75) is 13.5 Å². The Bertz CT molecular complexity index is 800. The average molecular weight is 341 g/mol. The summed E-state index contributed by atoms with van der Waals surface area (Å²) in [6.45, 7) is 2.40. The SMILES string of the molecule is Cc1ccc(O)c(/C=C2/SC(=S)N(Cc3ccccc3)C2=O)c1. The number of hydrogen-bond donors (Lipinski definition) is 1. The summed E-state index contributed by atoms with van der Waals surface area (Å²) in [6.07, 6.45) is 1.70. The summed E-state index contributed by atoms with van der Waals surface area (Å²) in [5.41, 5.74) is 2.68. The van der Waals surface area contributed by atoms with Crippen molar-refractivity contribution in [2.24, 2.45) is 0 Å². The summed E-state index contributed by atoms with van der Waals surface area (Å²) < 4.78 is 0.539. The third-order valence-corrected chi connectivity index (χ3v) is 4.90. The second kappa shape index (κ2) is 6.56. The molecular weight excluding hydrogens is 326 g/mol. The minimum absolute atomic E-state index is 0.121. The molecule has 23 heavy (non-hydrogen) atoms. The van der Waals surface area contributed by atoms with Gasteiger partial charge in [0.15, 0.2) is 0 Å². The molecule has 1 aliphatic heterocycles. The number of phenols is 1. The Kier molecular flexibility index (Phi) is 4.50. The van der Waals surface area contributed by atoms with E-state index >= 15 is 0 Å². The van der Waals surface area contributed by atoms with Crippen molar-refractivity contribution in [1.82, 2.24) is 4.90 Å². The molecule has 0 bridgehead atoms. The number of thiocarbonyl (C=S) groups is 1. The van der Waals surface area contributed by atoms with Crippen LogP contribution in [-0.2, 0) is 11.3 Å². The van der Waals surface area contributed by atoms with Crippen molar-refractivity contribution < 1.29 is 9.90 Å². The lowest BCUT2D eigenvalue weighted by Gasteiger charge is -2.14. The van der Waals surface area contributed by atoms with Crippen molar-refractivity contribution >= 4 is 40.3 Å². The normalized spacial score (nSPS) is 16.4. The van der Waals surface area contributed by atoms with Crippen LogP contribution < -0.4 is 0 Å². The molecule has 3 rings (SSSR count). The van der Waals surface area contributed by atoms with Gasteiger partial charge in [0.25, 0.3) is 5.91 Å². The van der Waals surface area contributed by atoms with E-state index in [0.717, 1.165) is 11.1 Å². The van der Waals surface area contributed by atoms with E-state index < -0.39 is 0 Å². The van der Waals surface area contributed by atoms with Gasteiger partial charge in [-0.05, 0) is 30.7 Å². The Balaban J connectivity index is 1.86. The number of hydrogen-bond acceptors (Lipinski definition) is 4. The molecule has 1 N–H and O–H groups in total. The molecule has 2 aromatic carbocycles. The molecule has 116 valence electrons. The standard InChI is InChI=1S/C18H15NO2S2/c1-12-7-8-15(20)14(9-12)10-16-17(21)19(18(22)23-16)11-13-5-3-2-4-6-13/h2-10,20H,11H2,1H3/b16-10+. The van der Waals surface area contributed by atoms with Gasteiger partial charge < -0.3 is 5.11 Å². The van der Waals surface area contributed by atoms with E-state index in [4.69, 9.17) is 12.2 Å². The molecule has 0 atom stereocenters. The molecule has 0 aromatic heterocycles. The molecule has 2 aromatic rings. The van der Waals surface area contributed by atoms with Gasteiger partial charge in [0.05, 0.1) is 11.4 Å². The van der Waals surface area contributed by atoms with Crippen LogP contribution in [0.2, 0.25) is 0 Å². The zero-order chi connectivity index (χ0) is 16.4. The van der Waals surface area contributed by atoms with E-state index in [2.05, 4.69) is 0 Å². The lowest BCUT2D eigenvalue weighted by molar-refractivity contribution is -0.122. The Morgan fingerprint density at radius 1 is 1.22 bits per heavy atom. The van der Waals surface area contributed by atoms with Crippen molar-refractivity contribution in [3.8, 4) is 5.75 Å².